The van der Waals surface area contributed by atoms with Crippen molar-refractivity contribution in [3.05, 3.63) is 65.9 Å². The van der Waals surface area contributed by atoms with Crippen LogP contribution in [0.1, 0.15) is 30.4 Å². The monoisotopic (exact) mass is 405 g/mol. The lowest BCUT2D eigenvalue weighted by Gasteiger charge is -2.26. The van der Waals surface area contributed by atoms with Gasteiger partial charge in [0, 0.05) is 63.0 Å². The van der Waals surface area contributed by atoms with Crippen LogP contribution in [0.2, 0.25) is 0 Å². The Morgan fingerprint density at radius 3 is 2.67 bits per heavy atom. The van der Waals surface area contributed by atoms with Crippen molar-refractivity contribution in [2.75, 3.05) is 32.1 Å². The van der Waals surface area contributed by atoms with Crippen molar-refractivity contribution in [2.24, 2.45) is 0 Å². The molecule has 0 bridgehead atoms. The number of hydrogen-bond donors (Lipinski definition) is 1. The summed E-state index contributed by atoms with van der Waals surface area (Å²) < 4.78 is 5.82. The lowest BCUT2D eigenvalue weighted by molar-refractivity contribution is -0.133. The van der Waals surface area contributed by atoms with Crippen molar-refractivity contribution in [1.29, 1.82) is 0 Å². The zero-order chi connectivity index (χ0) is 20.9. The third-order valence-electron chi connectivity index (χ3n) is 5.91. The van der Waals surface area contributed by atoms with Crippen LogP contribution >= 0.6 is 0 Å². The summed E-state index contributed by atoms with van der Waals surface area (Å²) in [6, 6.07) is 16.7. The van der Waals surface area contributed by atoms with Gasteiger partial charge in [-0.2, -0.15) is 0 Å². The molecule has 5 heteroatoms. The van der Waals surface area contributed by atoms with E-state index in [1.54, 1.807) is 0 Å². The molecular weight excluding hydrogens is 374 g/mol. The topological polar surface area (TPSA) is 48.6 Å². The number of hydrogen-bond acceptors (Lipinski definition) is 3. The second-order valence-corrected chi connectivity index (χ2v) is 8.33. The molecule has 1 atom stereocenters. The van der Waals surface area contributed by atoms with Crippen molar-refractivity contribution < 1.29 is 9.53 Å². The van der Waals surface area contributed by atoms with Crippen LogP contribution in [0.3, 0.4) is 0 Å². The molecule has 1 fully saturated rings. The minimum absolute atomic E-state index is 0.156. The second kappa shape index (κ2) is 9.35. The first-order chi connectivity index (χ1) is 14.6. The van der Waals surface area contributed by atoms with Gasteiger partial charge in [0.15, 0.2) is 0 Å². The van der Waals surface area contributed by atoms with E-state index < -0.39 is 0 Å². The number of amides is 1. The molecule has 1 unspecified atom stereocenters. The van der Waals surface area contributed by atoms with Gasteiger partial charge in [0.05, 0.1) is 6.10 Å². The fraction of sp³-hybridized carbons (Fsp3) is 0.400. The van der Waals surface area contributed by atoms with E-state index >= 15 is 0 Å². The highest BCUT2D eigenvalue weighted by Crippen LogP contribution is 2.21. The number of anilines is 1. The standard InChI is InChI=1S/C25H31N3O2/c1-27(2)21-12-9-19(10-13-21)17-28(18-22-6-5-15-30-22)25(29)14-11-20-16-26-24-8-4-3-7-23(20)24/h3-4,7-10,12-13,16,22,26H,5-6,11,14-15,17-18H2,1-2H3. The molecule has 30 heavy (non-hydrogen) atoms. The van der Waals surface area contributed by atoms with Gasteiger partial charge >= 0.3 is 0 Å². The van der Waals surface area contributed by atoms with Gasteiger partial charge in [-0.1, -0.05) is 30.3 Å². The summed E-state index contributed by atoms with van der Waals surface area (Å²) in [6.45, 7) is 2.10. The first-order valence-electron chi connectivity index (χ1n) is 10.8. The Balaban J connectivity index is 1.44. The molecule has 1 saturated heterocycles. The van der Waals surface area contributed by atoms with E-state index in [0.29, 0.717) is 19.5 Å². The van der Waals surface area contributed by atoms with Gasteiger partial charge in [-0.3, -0.25) is 4.79 Å². The SMILES string of the molecule is CN(C)c1ccc(CN(CC2CCCO2)C(=O)CCc2c[nH]c3ccccc23)cc1. The van der Waals surface area contributed by atoms with Crippen molar-refractivity contribution in [3.8, 4) is 0 Å². The molecule has 0 radical (unpaired) electrons. The molecule has 0 aliphatic carbocycles. The molecule has 2 aromatic carbocycles. The number of rotatable bonds is 8. The number of para-hydroxylation sites is 1. The Morgan fingerprint density at radius 2 is 1.93 bits per heavy atom. The third-order valence-corrected chi connectivity index (χ3v) is 5.91. The zero-order valence-corrected chi connectivity index (χ0v) is 17.9. The number of H-pyrrole nitrogens is 1. The van der Waals surface area contributed by atoms with Crippen molar-refractivity contribution >= 4 is 22.5 Å². The van der Waals surface area contributed by atoms with Crippen LogP contribution in [-0.2, 0) is 22.5 Å². The van der Waals surface area contributed by atoms with Gasteiger partial charge in [0.2, 0.25) is 5.91 Å². The first kappa shape index (κ1) is 20.5. The normalized spacial score (nSPS) is 16.1. The highest BCUT2D eigenvalue weighted by molar-refractivity contribution is 5.84. The van der Waals surface area contributed by atoms with Crippen molar-refractivity contribution in [1.82, 2.24) is 9.88 Å². The van der Waals surface area contributed by atoms with Gasteiger partial charge in [-0.25, -0.2) is 0 Å². The van der Waals surface area contributed by atoms with E-state index in [9.17, 15) is 4.79 Å². The summed E-state index contributed by atoms with van der Waals surface area (Å²) in [4.78, 5) is 20.6. The van der Waals surface area contributed by atoms with Crippen LogP contribution in [0.4, 0.5) is 5.69 Å². The Labute approximate surface area is 178 Å². The molecule has 2 heterocycles. The molecule has 3 aromatic rings. The Bertz CT molecular complexity index is 971. The molecule has 1 aromatic heterocycles. The van der Waals surface area contributed by atoms with Gasteiger partial charge in [0.25, 0.3) is 0 Å². The fourth-order valence-corrected chi connectivity index (χ4v) is 4.15. The summed E-state index contributed by atoms with van der Waals surface area (Å²) in [5, 5.41) is 1.20. The van der Waals surface area contributed by atoms with Crippen molar-refractivity contribution in [2.45, 2.75) is 38.3 Å². The first-order valence-corrected chi connectivity index (χ1v) is 10.8. The van der Waals surface area contributed by atoms with E-state index in [0.717, 1.165) is 42.6 Å². The summed E-state index contributed by atoms with van der Waals surface area (Å²) in [6.07, 6.45) is 5.55. The molecule has 0 spiro atoms. The summed E-state index contributed by atoms with van der Waals surface area (Å²) in [5.74, 6) is 0.187. The average Bonchev–Trinajstić information content (AvgIpc) is 3.42. The fourth-order valence-electron chi connectivity index (χ4n) is 4.15. The summed E-state index contributed by atoms with van der Waals surface area (Å²) >= 11 is 0. The molecule has 4 rings (SSSR count). The largest absolute Gasteiger partial charge is 0.378 e. The highest BCUT2D eigenvalue weighted by atomic mass is 16.5. The number of ether oxygens (including phenoxy) is 1. The molecule has 1 N–H and O–H groups in total. The predicted octanol–water partition coefficient (Wildman–Crippen LogP) is 4.37. The van der Waals surface area contributed by atoms with Crippen LogP contribution in [-0.4, -0.2) is 49.1 Å². The molecule has 1 amide bonds. The van der Waals surface area contributed by atoms with Crippen LogP contribution in [0.25, 0.3) is 10.9 Å². The lowest BCUT2D eigenvalue weighted by atomic mass is 10.1. The minimum Gasteiger partial charge on any atom is -0.378 e. The number of aromatic amines is 1. The molecule has 158 valence electrons. The minimum atomic E-state index is 0.156. The Kier molecular flexibility index (Phi) is 6.38. The number of aryl methyl sites for hydroxylation is 1. The Morgan fingerprint density at radius 1 is 1.13 bits per heavy atom. The van der Waals surface area contributed by atoms with Gasteiger partial charge in [-0.05, 0) is 48.6 Å². The third kappa shape index (κ3) is 4.85. The number of fused-ring (bicyclic) bond motifs is 1. The molecule has 5 nitrogen and oxygen atoms in total. The molecular formula is C25H31N3O2. The van der Waals surface area contributed by atoms with E-state index in [1.165, 1.54) is 10.9 Å². The molecule has 0 saturated carbocycles. The molecule has 1 aliphatic heterocycles. The van der Waals surface area contributed by atoms with E-state index in [-0.39, 0.29) is 12.0 Å². The van der Waals surface area contributed by atoms with Crippen molar-refractivity contribution in [3.63, 3.8) is 0 Å². The van der Waals surface area contributed by atoms with Crippen LogP contribution in [0.5, 0.6) is 0 Å². The van der Waals surface area contributed by atoms with Gasteiger partial charge in [-0.15, -0.1) is 0 Å². The van der Waals surface area contributed by atoms with Crippen LogP contribution in [0, 0.1) is 0 Å². The van der Waals surface area contributed by atoms with Crippen LogP contribution < -0.4 is 4.90 Å². The maximum atomic E-state index is 13.2. The average molecular weight is 406 g/mol. The van der Waals surface area contributed by atoms with Gasteiger partial charge in [0.1, 0.15) is 0 Å². The van der Waals surface area contributed by atoms with Gasteiger partial charge < -0.3 is 19.5 Å². The Hall–Kier alpha value is -2.79. The highest BCUT2D eigenvalue weighted by Gasteiger charge is 2.23. The number of nitrogens with one attached hydrogen (secondary N) is 1. The number of benzene rings is 2. The number of nitrogens with zero attached hydrogens (tertiary/aromatic N) is 2. The van der Waals surface area contributed by atoms with E-state index in [4.69, 9.17) is 4.74 Å². The number of carbonyl (C=O) groups is 1. The summed E-state index contributed by atoms with van der Waals surface area (Å²) in [7, 11) is 4.07. The summed E-state index contributed by atoms with van der Waals surface area (Å²) in [5.41, 5.74) is 4.64. The quantitative estimate of drug-likeness (QED) is 0.605. The lowest BCUT2D eigenvalue weighted by Crippen LogP contribution is -2.37. The maximum absolute atomic E-state index is 13.2. The van der Waals surface area contributed by atoms with E-state index in [2.05, 4.69) is 46.3 Å². The van der Waals surface area contributed by atoms with Crippen LogP contribution in [0.15, 0.2) is 54.7 Å². The second-order valence-electron chi connectivity index (χ2n) is 8.33. The molecule has 1 aliphatic rings. The maximum Gasteiger partial charge on any atom is 0.223 e. The smallest absolute Gasteiger partial charge is 0.223 e. The number of carbonyl (C=O) groups excluding carboxylic acids is 1. The predicted molar refractivity (Wildman–Crippen MR) is 122 cm³/mol. The number of aromatic nitrogens is 1. The zero-order valence-electron chi connectivity index (χ0n) is 17.9. The van der Waals surface area contributed by atoms with E-state index in [1.807, 2.05) is 37.3 Å².